The van der Waals surface area contributed by atoms with E-state index in [9.17, 15) is 22.4 Å². The van der Waals surface area contributed by atoms with Gasteiger partial charge in [0, 0.05) is 18.5 Å². The number of carbonyl (C=O) groups is 1. The molecular formula is C14H9F4NO2. The maximum atomic E-state index is 13.8. The minimum absolute atomic E-state index is 0.159. The SMILES string of the molecule is COc1ccc(C(=O)c2cnccc2C(F)(F)F)c(F)c1. The summed E-state index contributed by atoms with van der Waals surface area (Å²) < 4.78 is 57.1. The number of pyridine rings is 1. The van der Waals surface area contributed by atoms with Crippen molar-refractivity contribution in [3.05, 3.63) is 59.2 Å². The van der Waals surface area contributed by atoms with Gasteiger partial charge >= 0.3 is 6.18 Å². The number of rotatable bonds is 3. The van der Waals surface area contributed by atoms with Crippen LogP contribution in [-0.4, -0.2) is 17.9 Å². The van der Waals surface area contributed by atoms with Crippen LogP contribution in [0.4, 0.5) is 17.6 Å². The molecule has 0 N–H and O–H groups in total. The summed E-state index contributed by atoms with van der Waals surface area (Å²) in [6.45, 7) is 0. The molecule has 21 heavy (non-hydrogen) atoms. The second kappa shape index (κ2) is 5.51. The molecule has 110 valence electrons. The Morgan fingerprint density at radius 3 is 2.48 bits per heavy atom. The molecule has 1 aromatic heterocycles. The summed E-state index contributed by atoms with van der Waals surface area (Å²) in [6.07, 6.45) is -3.03. The summed E-state index contributed by atoms with van der Waals surface area (Å²) in [4.78, 5) is 15.6. The van der Waals surface area contributed by atoms with Crippen molar-refractivity contribution in [1.29, 1.82) is 0 Å². The number of hydrogen-bond acceptors (Lipinski definition) is 3. The molecule has 1 aromatic carbocycles. The highest BCUT2D eigenvalue weighted by Gasteiger charge is 2.35. The van der Waals surface area contributed by atoms with Crippen molar-refractivity contribution in [2.45, 2.75) is 6.18 Å². The Balaban J connectivity index is 2.51. The maximum Gasteiger partial charge on any atom is 0.417 e. The zero-order chi connectivity index (χ0) is 15.6. The number of ketones is 1. The first-order valence-electron chi connectivity index (χ1n) is 5.74. The monoisotopic (exact) mass is 299 g/mol. The van der Waals surface area contributed by atoms with E-state index in [1.165, 1.54) is 13.2 Å². The van der Waals surface area contributed by atoms with Gasteiger partial charge in [-0.15, -0.1) is 0 Å². The highest BCUT2D eigenvalue weighted by atomic mass is 19.4. The third-order valence-electron chi connectivity index (χ3n) is 2.79. The van der Waals surface area contributed by atoms with Crippen molar-refractivity contribution in [1.82, 2.24) is 4.98 Å². The van der Waals surface area contributed by atoms with Gasteiger partial charge in [-0.25, -0.2) is 4.39 Å². The van der Waals surface area contributed by atoms with E-state index in [-0.39, 0.29) is 5.75 Å². The number of ether oxygens (including phenoxy) is 1. The Bertz CT molecular complexity index is 683. The highest BCUT2D eigenvalue weighted by Crippen LogP contribution is 2.32. The van der Waals surface area contributed by atoms with E-state index < -0.39 is 34.5 Å². The number of halogens is 4. The second-order valence-corrected chi connectivity index (χ2v) is 4.09. The third kappa shape index (κ3) is 3.01. The molecule has 0 aliphatic carbocycles. The topological polar surface area (TPSA) is 39.2 Å². The van der Waals surface area contributed by atoms with Crippen LogP contribution in [0.1, 0.15) is 21.5 Å². The number of carbonyl (C=O) groups excluding carboxylic acids is 1. The normalized spacial score (nSPS) is 11.3. The van der Waals surface area contributed by atoms with Crippen LogP contribution >= 0.6 is 0 Å². The molecule has 0 fully saturated rings. The number of hydrogen-bond donors (Lipinski definition) is 0. The number of nitrogens with zero attached hydrogens (tertiary/aromatic N) is 1. The van der Waals surface area contributed by atoms with Crippen LogP contribution in [0.3, 0.4) is 0 Å². The molecule has 2 rings (SSSR count). The average molecular weight is 299 g/mol. The van der Waals surface area contributed by atoms with E-state index in [0.717, 1.165) is 24.5 Å². The molecule has 0 aliphatic rings. The molecular weight excluding hydrogens is 290 g/mol. The van der Waals surface area contributed by atoms with Crippen LogP contribution in [0.5, 0.6) is 5.75 Å². The molecule has 0 saturated heterocycles. The molecule has 1 heterocycles. The van der Waals surface area contributed by atoms with Crippen molar-refractivity contribution in [2.75, 3.05) is 7.11 Å². The van der Waals surface area contributed by atoms with E-state index in [4.69, 9.17) is 4.74 Å². The van der Waals surface area contributed by atoms with E-state index in [2.05, 4.69) is 4.98 Å². The van der Waals surface area contributed by atoms with E-state index >= 15 is 0 Å². The van der Waals surface area contributed by atoms with Crippen molar-refractivity contribution in [3.63, 3.8) is 0 Å². The van der Waals surface area contributed by atoms with Crippen LogP contribution in [-0.2, 0) is 6.18 Å². The summed E-state index contributed by atoms with van der Waals surface area (Å²) in [6, 6.07) is 3.97. The lowest BCUT2D eigenvalue weighted by Gasteiger charge is -2.11. The van der Waals surface area contributed by atoms with Gasteiger partial charge in [0.15, 0.2) is 5.78 Å². The molecule has 0 amide bonds. The molecule has 0 bridgehead atoms. The zero-order valence-corrected chi connectivity index (χ0v) is 10.7. The fourth-order valence-corrected chi connectivity index (χ4v) is 1.77. The largest absolute Gasteiger partial charge is 0.497 e. The molecule has 0 aliphatic heterocycles. The van der Waals surface area contributed by atoms with E-state index in [1.807, 2.05) is 0 Å². The maximum absolute atomic E-state index is 13.8. The van der Waals surface area contributed by atoms with Crippen LogP contribution in [0, 0.1) is 5.82 Å². The first-order chi connectivity index (χ1) is 9.84. The van der Waals surface area contributed by atoms with Gasteiger partial charge in [0.25, 0.3) is 0 Å². The zero-order valence-electron chi connectivity index (χ0n) is 10.7. The summed E-state index contributed by atoms with van der Waals surface area (Å²) in [7, 11) is 1.30. The lowest BCUT2D eigenvalue weighted by atomic mass is 9.99. The van der Waals surface area contributed by atoms with E-state index in [1.54, 1.807) is 0 Å². The summed E-state index contributed by atoms with van der Waals surface area (Å²) >= 11 is 0. The van der Waals surface area contributed by atoms with Gasteiger partial charge in [0.1, 0.15) is 11.6 Å². The van der Waals surface area contributed by atoms with Gasteiger partial charge < -0.3 is 4.74 Å². The lowest BCUT2D eigenvalue weighted by molar-refractivity contribution is -0.137. The average Bonchev–Trinajstić information content (AvgIpc) is 2.45. The predicted molar refractivity (Wildman–Crippen MR) is 65.6 cm³/mol. The fourth-order valence-electron chi connectivity index (χ4n) is 1.77. The van der Waals surface area contributed by atoms with Gasteiger partial charge in [0.05, 0.1) is 23.8 Å². The number of alkyl halides is 3. The second-order valence-electron chi connectivity index (χ2n) is 4.09. The Labute approximate surface area is 117 Å². The van der Waals surface area contributed by atoms with Crippen LogP contribution in [0.2, 0.25) is 0 Å². The Hall–Kier alpha value is -2.44. The minimum Gasteiger partial charge on any atom is -0.497 e. The summed E-state index contributed by atoms with van der Waals surface area (Å²) in [5.74, 6) is -1.89. The van der Waals surface area contributed by atoms with Crippen molar-refractivity contribution >= 4 is 5.78 Å². The number of aromatic nitrogens is 1. The Morgan fingerprint density at radius 2 is 1.90 bits per heavy atom. The van der Waals surface area contributed by atoms with Crippen LogP contribution < -0.4 is 4.74 Å². The van der Waals surface area contributed by atoms with Gasteiger partial charge in [0.2, 0.25) is 0 Å². The molecule has 0 spiro atoms. The van der Waals surface area contributed by atoms with Crippen LogP contribution in [0.25, 0.3) is 0 Å². The minimum atomic E-state index is -4.73. The quantitative estimate of drug-likeness (QED) is 0.643. The van der Waals surface area contributed by atoms with Crippen molar-refractivity contribution < 1.29 is 27.1 Å². The molecule has 7 heteroatoms. The van der Waals surface area contributed by atoms with Crippen LogP contribution in [0.15, 0.2) is 36.7 Å². The summed E-state index contributed by atoms with van der Waals surface area (Å²) in [5.41, 5.74) is -2.33. The molecule has 0 unspecified atom stereocenters. The summed E-state index contributed by atoms with van der Waals surface area (Å²) in [5, 5.41) is 0. The smallest absolute Gasteiger partial charge is 0.417 e. The Morgan fingerprint density at radius 1 is 1.19 bits per heavy atom. The molecule has 3 nitrogen and oxygen atoms in total. The molecule has 0 atom stereocenters. The van der Waals surface area contributed by atoms with Crippen molar-refractivity contribution in [2.24, 2.45) is 0 Å². The third-order valence-corrected chi connectivity index (χ3v) is 2.79. The van der Waals surface area contributed by atoms with Gasteiger partial charge in [-0.05, 0) is 18.2 Å². The number of methoxy groups -OCH3 is 1. The first kappa shape index (κ1) is 15.0. The molecule has 0 saturated carbocycles. The Kier molecular flexibility index (Phi) is 3.93. The van der Waals surface area contributed by atoms with Crippen molar-refractivity contribution in [3.8, 4) is 5.75 Å². The fraction of sp³-hybridized carbons (Fsp3) is 0.143. The van der Waals surface area contributed by atoms with E-state index in [0.29, 0.717) is 6.07 Å². The van der Waals surface area contributed by atoms with Gasteiger partial charge in [-0.2, -0.15) is 13.2 Å². The highest BCUT2D eigenvalue weighted by molar-refractivity contribution is 6.10. The standard InChI is InChI=1S/C14H9F4NO2/c1-21-8-2-3-9(12(15)6-8)13(20)10-7-19-5-4-11(10)14(16,17)18/h2-7H,1H3. The first-order valence-corrected chi connectivity index (χ1v) is 5.74. The van der Waals surface area contributed by atoms with Gasteiger partial charge in [-0.1, -0.05) is 0 Å². The lowest BCUT2D eigenvalue weighted by Crippen LogP contribution is -2.15. The van der Waals surface area contributed by atoms with Gasteiger partial charge in [-0.3, -0.25) is 9.78 Å². The number of benzene rings is 1. The predicted octanol–water partition coefficient (Wildman–Crippen LogP) is 3.48. The molecule has 0 radical (unpaired) electrons. The molecule has 2 aromatic rings.